The van der Waals surface area contributed by atoms with Crippen molar-refractivity contribution in [1.82, 2.24) is 10.3 Å². The van der Waals surface area contributed by atoms with Crippen molar-refractivity contribution in [1.29, 1.82) is 0 Å². The van der Waals surface area contributed by atoms with Gasteiger partial charge in [-0.2, -0.15) is 13.2 Å². The molecule has 0 saturated carbocycles. The van der Waals surface area contributed by atoms with Gasteiger partial charge in [-0.15, -0.1) is 11.3 Å². The van der Waals surface area contributed by atoms with E-state index in [1.807, 2.05) is 36.4 Å². The molecule has 0 bridgehead atoms. The Bertz CT molecular complexity index is 1370. The fraction of sp³-hybridized carbons (Fsp3) is 0.115. The Hall–Kier alpha value is -3.76. The summed E-state index contributed by atoms with van der Waals surface area (Å²) >= 11 is 6.36. The third-order valence-electron chi connectivity index (χ3n) is 5.03. The van der Waals surface area contributed by atoms with Crippen molar-refractivity contribution in [2.75, 3.05) is 5.32 Å². The lowest BCUT2D eigenvalue weighted by atomic mass is 10.1. The Morgan fingerprint density at radius 3 is 2.44 bits per heavy atom. The second-order valence-electron chi connectivity index (χ2n) is 7.72. The molecule has 2 N–H and O–H groups in total. The molecule has 4 rings (SSSR count). The Kier molecular flexibility index (Phi) is 7.66. The van der Waals surface area contributed by atoms with Crippen LogP contribution in [-0.2, 0) is 12.8 Å². The summed E-state index contributed by atoms with van der Waals surface area (Å²) in [6, 6.07) is 21.6. The van der Waals surface area contributed by atoms with Gasteiger partial charge >= 0.3 is 6.18 Å². The summed E-state index contributed by atoms with van der Waals surface area (Å²) in [4.78, 5) is 17.4. The summed E-state index contributed by atoms with van der Waals surface area (Å²) in [5, 5.41) is 6.10. The van der Waals surface area contributed by atoms with E-state index in [2.05, 4.69) is 15.6 Å². The molecule has 0 atom stereocenters. The van der Waals surface area contributed by atoms with Gasteiger partial charge in [0.2, 0.25) is 0 Å². The number of carbonyl (C=O) groups excluding carboxylic acids is 1. The molecule has 1 amide bonds. The number of rotatable bonds is 6. The van der Waals surface area contributed by atoms with E-state index in [1.165, 1.54) is 12.1 Å². The molecule has 0 fully saturated rings. The van der Waals surface area contributed by atoms with Gasteiger partial charge in [0.05, 0.1) is 11.3 Å². The van der Waals surface area contributed by atoms with Crippen molar-refractivity contribution in [2.45, 2.75) is 19.7 Å². The second kappa shape index (κ2) is 10.9. The van der Waals surface area contributed by atoms with E-state index < -0.39 is 17.6 Å². The van der Waals surface area contributed by atoms with E-state index in [0.717, 1.165) is 29.0 Å². The maximum absolute atomic E-state index is 12.8. The number of amides is 1. The summed E-state index contributed by atoms with van der Waals surface area (Å²) < 4.78 is 44.3. The van der Waals surface area contributed by atoms with Crippen molar-refractivity contribution in [3.05, 3.63) is 101 Å². The highest BCUT2D eigenvalue weighted by atomic mass is 32.1. The van der Waals surface area contributed by atoms with Gasteiger partial charge in [-0.25, -0.2) is 4.98 Å². The Balaban J connectivity index is 1.37. The van der Waals surface area contributed by atoms with Gasteiger partial charge in [0, 0.05) is 17.3 Å². The summed E-state index contributed by atoms with van der Waals surface area (Å²) in [7, 11) is 0. The van der Waals surface area contributed by atoms with E-state index in [4.69, 9.17) is 17.0 Å². The number of thiazole rings is 1. The third kappa shape index (κ3) is 6.46. The molecule has 4 aromatic rings. The summed E-state index contributed by atoms with van der Waals surface area (Å²) in [5.41, 5.74) is 1.87. The second-order valence-corrected chi connectivity index (χ2v) is 9.13. The molecule has 0 saturated heterocycles. The number of hydrogen-bond acceptors (Lipinski definition) is 5. The van der Waals surface area contributed by atoms with Crippen LogP contribution in [0.4, 0.5) is 18.9 Å². The van der Waals surface area contributed by atoms with Gasteiger partial charge in [-0.05, 0) is 49.0 Å². The maximum Gasteiger partial charge on any atom is 0.416 e. The van der Waals surface area contributed by atoms with Crippen molar-refractivity contribution in [3.8, 4) is 16.3 Å². The number of ether oxygens (including phenoxy) is 1. The molecule has 0 radical (unpaired) electrons. The van der Waals surface area contributed by atoms with Crippen LogP contribution in [0.3, 0.4) is 0 Å². The number of nitrogens with one attached hydrogen (secondary N) is 2. The first kappa shape index (κ1) is 25.3. The van der Waals surface area contributed by atoms with Crippen LogP contribution in [0, 0.1) is 6.92 Å². The van der Waals surface area contributed by atoms with Gasteiger partial charge in [0.1, 0.15) is 22.2 Å². The number of aryl methyl sites for hydroxylation is 1. The highest BCUT2D eigenvalue weighted by Crippen LogP contribution is 2.33. The maximum atomic E-state index is 12.8. The molecule has 0 unspecified atom stereocenters. The molecule has 0 spiro atoms. The van der Waals surface area contributed by atoms with Crippen molar-refractivity contribution < 1.29 is 22.7 Å². The normalized spacial score (nSPS) is 11.1. The summed E-state index contributed by atoms with van der Waals surface area (Å²) in [5.74, 6) is 0.176. The Labute approximate surface area is 215 Å². The molecule has 0 aliphatic rings. The highest BCUT2D eigenvalue weighted by Gasteiger charge is 2.30. The number of halogens is 3. The fourth-order valence-electron chi connectivity index (χ4n) is 3.26. The lowest BCUT2D eigenvalue weighted by Gasteiger charge is -2.11. The molecule has 5 nitrogen and oxygen atoms in total. The zero-order valence-electron chi connectivity index (χ0n) is 18.9. The number of carbonyl (C=O) groups is 1. The van der Waals surface area contributed by atoms with Crippen LogP contribution in [0.5, 0.6) is 5.75 Å². The molecule has 1 aromatic heterocycles. The number of alkyl halides is 3. The molecule has 1 heterocycles. The standard InChI is InChI=1S/C26H20F3N3O2S2/c1-16-22(36-24(30-16)18-10-12-19(13-11-18)26(27,28)29)23(33)32-25(35)31-20-8-5-9-21(14-20)34-15-17-6-3-2-4-7-17/h2-14H,15H2,1H3,(H2,31,32,33,35). The van der Waals surface area contributed by atoms with Crippen LogP contribution in [0.15, 0.2) is 78.9 Å². The number of benzene rings is 3. The van der Waals surface area contributed by atoms with Gasteiger partial charge < -0.3 is 10.1 Å². The molecule has 36 heavy (non-hydrogen) atoms. The molecule has 0 aliphatic heterocycles. The third-order valence-corrected chi connectivity index (χ3v) is 6.44. The fourth-order valence-corrected chi connectivity index (χ4v) is 4.44. The Morgan fingerprint density at radius 1 is 1.03 bits per heavy atom. The number of nitrogens with zero attached hydrogens (tertiary/aromatic N) is 1. The first-order valence-corrected chi connectivity index (χ1v) is 12.0. The minimum absolute atomic E-state index is 0.0871. The van der Waals surface area contributed by atoms with Crippen molar-refractivity contribution in [2.24, 2.45) is 0 Å². The van der Waals surface area contributed by atoms with E-state index in [9.17, 15) is 18.0 Å². The van der Waals surface area contributed by atoms with Gasteiger partial charge in [-0.3, -0.25) is 10.1 Å². The largest absolute Gasteiger partial charge is 0.489 e. The average molecular weight is 528 g/mol. The van der Waals surface area contributed by atoms with Crippen molar-refractivity contribution >= 4 is 40.3 Å². The summed E-state index contributed by atoms with van der Waals surface area (Å²) in [6.07, 6.45) is -4.42. The quantitative estimate of drug-likeness (QED) is 0.269. The molecular formula is C26H20F3N3O2S2. The number of anilines is 1. The number of thiocarbonyl (C=S) groups is 1. The minimum Gasteiger partial charge on any atom is -0.489 e. The molecule has 3 aromatic carbocycles. The van der Waals surface area contributed by atoms with E-state index >= 15 is 0 Å². The predicted molar refractivity (Wildman–Crippen MR) is 138 cm³/mol. The smallest absolute Gasteiger partial charge is 0.416 e. The first-order valence-electron chi connectivity index (χ1n) is 10.7. The van der Waals surface area contributed by atoms with Crippen LogP contribution < -0.4 is 15.4 Å². The van der Waals surface area contributed by atoms with Crippen LogP contribution in [0.2, 0.25) is 0 Å². The zero-order valence-corrected chi connectivity index (χ0v) is 20.6. The summed E-state index contributed by atoms with van der Waals surface area (Å²) in [6.45, 7) is 2.07. The van der Waals surface area contributed by atoms with Gasteiger partial charge in [0.15, 0.2) is 5.11 Å². The lowest BCUT2D eigenvalue weighted by Crippen LogP contribution is -2.34. The average Bonchev–Trinajstić information content (AvgIpc) is 3.25. The highest BCUT2D eigenvalue weighted by molar-refractivity contribution is 7.80. The first-order chi connectivity index (χ1) is 17.2. The van der Waals surface area contributed by atoms with Crippen LogP contribution in [0.1, 0.15) is 26.5 Å². The molecule has 10 heteroatoms. The Morgan fingerprint density at radius 2 is 1.75 bits per heavy atom. The van der Waals surface area contributed by atoms with E-state index in [1.54, 1.807) is 25.1 Å². The lowest BCUT2D eigenvalue weighted by molar-refractivity contribution is -0.137. The topological polar surface area (TPSA) is 63.2 Å². The van der Waals surface area contributed by atoms with Crippen molar-refractivity contribution in [3.63, 3.8) is 0 Å². The predicted octanol–water partition coefficient (Wildman–Crippen LogP) is 6.84. The van der Waals surface area contributed by atoms with Crippen LogP contribution in [-0.4, -0.2) is 16.0 Å². The molecule has 184 valence electrons. The van der Waals surface area contributed by atoms with Crippen LogP contribution >= 0.6 is 23.6 Å². The molecule has 0 aliphatic carbocycles. The number of aromatic nitrogens is 1. The van der Waals surface area contributed by atoms with Crippen LogP contribution in [0.25, 0.3) is 10.6 Å². The minimum atomic E-state index is -4.42. The molecular weight excluding hydrogens is 507 g/mol. The van der Waals surface area contributed by atoms with Gasteiger partial charge in [-0.1, -0.05) is 48.5 Å². The zero-order chi connectivity index (χ0) is 25.7. The van der Waals surface area contributed by atoms with Gasteiger partial charge in [0.25, 0.3) is 5.91 Å². The monoisotopic (exact) mass is 527 g/mol. The SMILES string of the molecule is Cc1nc(-c2ccc(C(F)(F)F)cc2)sc1C(=O)NC(=S)Nc1cccc(OCc2ccccc2)c1. The van der Waals surface area contributed by atoms with E-state index in [-0.39, 0.29) is 5.11 Å². The number of hydrogen-bond donors (Lipinski definition) is 2. The van der Waals surface area contributed by atoms with E-state index in [0.29, 0.717) is 39.2 Å².